The van der Waals surface area contributed by atoms with E-state index in [1.807, 2.05) is 23.7 Å². The highest BCUT2D eigenvalue weighted by Crippen LogP contribution is 2.25. The summed E-state index contributed by atoms with van der Waals surface area (Å²) in [5.74, 6) is 2.20. The van der Waals surface area contributed by atoms with Crippen LogP contribution >= 0.6 is 23.4 Å². The Hall–Kier alpha value is -2.91. The molecule has 0 saturated carbocycles. The van der Waals surface area contributed by atoms with Gasteiger partial charge >= 0.3 is 0 Å². The fourth-order valence-electron chi connectivity index (χ4n) is 2.46. The third kappa shape index (κ3) is 4.57. The number of thioether (sulfide) groups is 1. The van der Waals surface area contributed by atoms with Crippen molar-refractivity contribution in [2.45, 2.75) is 17.5 Å². The normalized spacial score (nSPS) is 11.0. The average Bonchev–Trinajstić information content (AvgIpc) is 3.33. The van der Waals surface area contributed by atoms with E-state index in [-0.39, 0.29) is 12.4 Å². The van der Waals surface area contributed by atoms with Gasteiger partial charge in [-0.1, -0.05) is 40.7 Å². The van der Waals surface area contributed by atoms with E-state index in [1.165, 1.54) is 23.9 Å². The largest absolute Gasteiger partial charge is 0.484 e. The van der Waals surface area contributed by atoms with Gasteiger partial charge in [-0.25, -0.2) is 4.39 Å². The molecule has 2 aromatic carbocycles. The second kappa shape index (κ2) is 8.62. The zero-order valence-electron chi connectivity index (χ0n) is 15.2. The number of halogens is 2. The van der Waals surface area contributed by atoms with E-state index < -0.39 is 0 Å². The Balaban J connectivity index is 1.37. The van der Waals surface area contributed by atoms with Gasteiger partial charge in [-0.05, 0) is 36.4 Å². The van der Waals surface area contributed by atoms with Crippen LogP contribution in [0, 0.1) is 5.82 Å². The lowest BCUT2D eigenvalue weighted by Gasteiger charge is -2.07. The number of nitrogens with zero attached hydrogens (tertiary/aromatic N) is 5. The highest BCUT2D eigenvalue weighted by Gasteiger charge is 2.14. The first-order valence-electron chi connectivity index (χ1n) is 8.57. The zero-order chi connectivity index (χ0) is 20.2. The van der Waals surface area contributed by atoms with Gasteiger partial charge in [0.25, 0.3) is 0 Å². The quantitative estimate of drug-likeness (QED) is 0.398. The number of ether oxygens (including phenoxy) is 1. The molecule has 0 aliphatic carbocycles. The third-order valence-electron chi connectivity index (χ3n) is 4.01. The Morgan fingerprint density at radius 2 is 1.93 bits per heavy atom. The zero-order valence-corrected chi connectivity index (χ0v) is 16.8. The van der Waals surface area contributed by atoms with Gasteiger partial charge in [-0.3, -0.25) is 0 Å². The molecule has 0 bridgehead atoms. The Morgan fingerprint density at radius 1 is 1.14 bits per heavy atom. The van der Waals surface area contributed by atoms with Crippen molar-refractivity contribution >= 4 is 23.4 Å². The van der Waals surface area contributed by atoms with E-state index in [1.54, 1.807) is 24.3 Å². The van der Waals surface area contributed by atoms with E-state index in [0.29, 0.717) is 44.8 Å². The van der Waals surface area contributed by atoms with Gasteiger partial charge in [0.15, 0.2) is 11.0 Å². The van der Waals surface area contributed by atoms with Crippen molar-refractivity contribution in [1.29, 1.82) is 0 Å². The van der Waals surface area contributed by atoms with E-state index in [9.17, 15) is 4.39 Å². The van der Waals surface area contributed by atoms with Crippen molar-refractivity contribution in [2.75, 3.05) is 0 Å². The maximum Gasteiger partial charge on any atom is 0.237 e. The molecule has 0 unspecified atom stereocenters. The minimum Gasteiger partial charge on any atom is -0.484 e. The fourth-order valence-corrected chi connectivity index (χ4v) is 3.41. The molecule has 29 heavy (non-hydrogen) atoms. The molecule has 2 aromatic heterocycles. The Morgan fingerprint density at radius 3 is 2.72 bits per heavy atom. The first-order valence-corrected chi connectivity index (χ1v) is 9.93. The molecule has 0 radical (unpaired) electrons. The van der Waals surface area contributed by atoms with Crippen LogP contribution in [0.15, 0.2) is 58.2 Å². The van der Waals surface area contributed by atoms with Gasteiger partial charge in [0.1, 0.15) is 18.2 Å². The van der Waals surface area contributed by atoms with Crippen molar-refractivity contribution in [3.8, 4) is 17.1 Å². The molecule has 7 nitrogen and oxygen atoms in total. The molecule has 4 rings (SSSR count). The van der Waals surface area contributed by atoms with Crippen molar-refractivity contribution in [1.82, 2.24) is 24.9 Å². The molecular weight excluding hydrogens is 417 g/mol. The van der Waals surface area contributed by atoms with Crippen molar-refractivity contribution < 1.29 is 13.7 Å². The van der Waals surface area contributed by atoms with Crippen molar-refractivity contribution in [3.05, 3.63) is 71.1 Å². The lowest BCUT2D eigenvalue weighted by Crippen LogP contribution is -2.04. The van der Waals surface area contributed by atoms with Crippen LogP contribution in [0.25, 0.3) is 11.4 Å². The summed E-state index contributed by atoms with van der Waals surface area (Å²) in [5, 5.41) is 13.5. The van der Waals surface area contributed by atoms with Gasteiger partial charge in [-0.15, -0.1) is 10.2 Å². The van der Waals surface area contributed by atoms with E-state index >= 15 is 0 Å². The van der Waals surface area contributed by atoms with Crippen LogP contribution < -0.4 is 4.74 Å². The Bertz CT molecular complexity index is 1120. The monoisotopic (exact) mass is 431 g/mol. The van der Waals surface area contributed by atoms with Crippen LogP contribution in [-0.4, -0.2) is 24.9 Å². The number of aromatic nitrogens is 5. The molecule has 148 valence electrons. The Kier molecular flexibility index (Phi) is 5.77. The third-order valence-corrected chi connectivity index (χ3v) is 5.33. The summed E-state index contributed by atoms with van der Waals surface area (Å²) in [5.41, 5.74) is 0.684. The standard InChI is InChI=1S/C19H15ClFN5O2S/c1-26-16(10-27-15-5-3-2-4-14(15)20)23-24-19(26)29-11-17-22-18(25-28-17)12-6-8-13(21)9-7-12/h2-9H,10-11H2,1H3. The molecule has 0 amide bonds. The lowest BCUT2D eigenvalue weighted by atomic mass is 10.2. The number of benzene rings is 2. The second-order valence-corrected chi connectivity index (χ2v) is 7.33. The van der Waals surface area contributed by atoms with Crippen molar-refractivity contribution in [2.24, 2.45) is 7.05 Å². The number of hydrogen-bond acceptors (Lipinski definition) is 7. The second-order valence-electron chi connectivity index (χ2n) is 5.98. The molecule has 0 N–H and O–H groups in total. The van der Waals surface area contributed by atoms with Gasteiger partial charge in [0.05, 0.1) is 10.8 Å². The summed E-state index contributed by atoms with van der Waals surface area (Å²) in [6, 6.07) is 13.2. The van der Waals surface area contributed by atoms with Crippen LogP contribution in [0.1, 0.15) is 11.7 Å². The van der Waals surface area contributed by atoms with Gasteiger partial charge in [0, 0.05) is 12.6 Å². The maximum absolute atomic E-state index is 13.0. The summed E-state index contributed by atoms with van der Waals surface area (Å²) < 4.78 is 25.8. The fraction of sp³-hybridized carbons (Fsp3) is 0.158. The van der Waals surface area contributed by atoms with Gasteiger partial charge < -0.3 is 13.8 Å². The van der Waals surface area contributed by atoms with E-state index in [4.69, 9.17) is 20.9 Å². The van der Waals surface area contributed by atoms with Crippen LogP contribution in [0.5, 0.6) is 5.75 Å². The number of para-hydroxylation sites is 1. The predicted molar refractivity (Wildman–Crippen MR) is 106 cm³/mol. The minimum absolute atomic E-state index is 0.239. The molecule has 0 spiro atoms. The summed E-state index contributed by atoms with van der Waals surface area (Å²) >= 11 is 7.50. The molecule has 2 heterocycles. The topological polar surface area (TPSA) is 78.9 Å². The smallest absolute Gasteiger partial charge is 0.237 e. The van der Waals surface area contributed by atoms with Gasteiger partial charge in [-0.2, -0.15) is 4.98 Å². The van der Waals surface area contributed by atoms with Crippen LogP contribution in [-0.2, 0) is 19.4 Å². The maximum atomic E-state index is 13.0. The van der Waals surface area contributed by atoms with Crippen LogP contribution in [0.3, 0.4) is 0 Å². The van der Waals surface area contributed by atoms with Crippen LogP contribution in [0.2, 0.25) is 5.02 Å². The summed E-state index contributed by atoms with van der Waals surface area (Å²) in [6.07, 6.45) is 0. The lowest BCUT2D eigenvalue weighted by molar-refractivity contribution is 0.290. The summed E-state index contributed by atoms with van der Waals surface area (Å²) in [6.45, 7) is 0.239. The average molecular weight is 432 g/mol. The van der Waals surface area contributed by atoms with Gasteiger partial charge in [0.2, 0.25) is 11.7 Å². The number of hydrogen-bond donors (Lipinski definition) is 0. The molecular formula is C19H15ClFN5O2S. The number of rotatable bonds is 7. The predicted octanol–water partition coefficient (Wildman–Crippen LogP) is 4.53. The highest BCUT2D eigenvalue weighted by molar-refractivity contribution is 7.98. The molecule has 4 aromatic rings. The highest BCUT2D eigenvalue weighted by atomic mass is 35.5. The Labute approximate surface area is 174 Å². The molecule has 0 aliphatic heterocycles. The molecule has 0 aliphatic rings. The van der Waals surface area contributed by atoms with E-state index in [0.717, 1.165) is 0 Å². The van der Waals surface area contributed by atoms with Crippen LogP contribution in [0.4, 0.5) is 4.39 Å². The van der Waals surface area contributed by atoms with Crippen molar-refractivity contribution in [3.63, 3.8) is 0 Å². The molecule has 0 saturated heterocycles. The minimum atomic E-state index is -0.315. The SMILES string of the molecule is Cn1c(COc2ccccc2Cl)nnc1SCc1nc(-c2ccc(F)cc2)no1. The molecule has 0 atom stereocenters. The molecule has 10 heteroatoms. The first-order chi connectivity index (χ1) is 14.1. The summed E-state index contributed by atoms with van der Waals surface area (Å²) in [7, 11) is 1.85. The summed E-state index contributed by atoms with van der Waals surface area (Å²) in [4.78, 5) is 4.33. The molecule has 0 fully saturated rings. The first kappa shape index (κ1) is 19.4. The van der Waals surface area contributed by atoms with E-state index in [2.05, 4.69) is 20.3 Å².